The summed E-state index contributed by atoms with van der Waals surface area (Å²) in [4.78, 5) is 56.3. The molecule has 4 heterocycles. The molecule has 0 bridgehead atoms. The molecule has 2 fully saturated rings. The first kappa shape index (κ1) is 30.0. The molecule has 2 aliphatic rings. The third-order valence-electron chi connectivity index (χ3n) is 8.98. The molecular formula is C34H34N4O7. The maximum Gasteiger partial charge on any atom is 0.325 e. The number of nitrogens with one attached hydrogen (secondary N) is 2. The number of hydrogen-bond donors (Lipinski definition) is 3. The van der Waals surface area contributed by atoms with E-state index < -0.39 is 46.1 Å². The van der Waals surface area contributed by atoms with Crippen molar-refractivity contribution in [3.8, 4) is 11.3 Å². The van der Waals surface area contributed by atoms with Crippen molar-refractivity contribution in [2.24, 2.45) is 11.8 Å². The normalized spacial score (nSPS) is 23.0. The monoisotopic (exact) mass is 610 g/mol. The number of carbonyl (C=O) groups is 3. The van der Waals surface area contributed by atoms with E-state index in [1.807, 2.05) is 36.4 Å². The molecular weight excluding hydrogens is 576 g/mol. The van der Waals surface area contributed by atoms with Crippen LogP contribution in [-0.4, -0.2) is 49.8 Å². The van der Waals surface area contributed by atoms with Gasteiger partial charge in [-0.1, -0.05) is 50.1 Å². The number of nitro groups is 1. The number of fused-ring (bicyclic) bond motifs is 2. The predicted molar refractivity (Wildman–Crippen MR) is 166 cm³/mol. The van der Waals surface area contributed by atoms with Crippen molar-refractivity contribution in [2.45, 2.75) is 50.6 Å². The Morgan fingerprint density at radius 3 is 2.56 bits per heavy atom. The van der Waals surface area contributed by atoms with E-state index in [1.54, 1.807) is 30.5 Å². The Morgan fingerprint density at radius 1 is 1.07 bits per heavy atom. The number of nitrogens with zero attached hydrogens (tertiary/aromatic N) is 2. The van der Waals surface area contributed by atoms with Crippen LogP contribution in [0.4, 0.5) is 5.69 Å². The topological polar surface area (TPSA) is 159 Å². The fourth-order valence-electron chi connectivity index (χ4n) is 6.72. The Bertz CT molecular complexity index is 1790. The lowest BCUT2D eigenvalue weighted by atomic mass is 9.76. The minimum Gasteiger partial charge on any atom is -0.480 e. The molecule has 2 aromatic heterocycles. The lowest BCUT2D eigenvalue weighted by Crippen LogP contribution is -2.57. The first-order chi connectivity index (χ1) is 21.7. The minimum atomic E-state index is -1.79. The van der Waals surface area contributed by atoms with E-state index in [4.69, 9.17) is 4.42 Å². The van der Waals surface area contributed by atoms with Gasteiger partial charge in [0, 0.05) is 47.8 Å². The standard InChI is InChI=1S/C34H34N4O7/c1-2-3-4-5-6-9-18-37-31(39)28-29(32(37)40)34(33(41)42,19-22-20-35-25-11-8-7-10-24(22)25)36-30(28)27-17-16-26(45-27)21-12-14-23(15-13-21)38(43)44/h5-8,10-17,20,28-30,35-36H,2-4,9,18-19H2,1H3,(H,41,42)/b6-5+. The van der Waals surface area contributed by atoms with E-state index >= 15 is 0 Å². The van der Waals surface area contributed by atoms with Gasteiger partial charge in [0.25, 0.3) is 5.69 Å². The van der Waals surface area contributed by atoms with Gasteiger partial charge in [-0.25, -0.2) is 0 Å². The molecule has 4 unspecified atom stereocenters. The van der Waals surface area contributed by atoms with Crippen LogP contribution < -0.4 is 5.32 Å². The number of benzene rings is 2. The van der Waals surface area contributed by atoms with Gasteiger partial charge in [-0.05, 0) is 48.7 Å². The van der Waals surface area contributed by atoms with Crippen LogP contribution in [-0.2, 0) is 20.8 Å². The van der Waals surface area contributed by atoms with E-state index in [2.05, 4.69) is 17.2 Å². The number of aliphatic carboxylic acids is 1. The Kier molecular flexibility index (Phi) is 8.11. The molecule has 2 saturated heterocycles. The van der Waals surface area contributed by atoms with E-state index in [-0.39, 0.29) is 18.7 Å². The number of amides is 2. The zero-order valence-corrected chi connectivity index (χ0v) is 24.8. The number of aromatic nitrogens is 1. The summed E-state index contributed by atoms with van der Waals surface area (Å²) in [7, 11) is 0. The maximum atomic E-state index is 14.1. The third-order valence-corrected chi connectivity index (χ3v) is 8.98. The fraction of sp³-hybridized carbons (Fsp3) is 0.324. The van der Waals surface area contributed by atoms with Gasteiger partial charge in [0.1, 0.15) is 17.1 Å². The highest BCUT2D eigenvalue weighted by Crippen LogP contribution is 2.51. The van der Waals surface area contributed by atoms with Crippen molar-refractivity contribution >= 4 is 34.4 Å². The zero-order valence-electron chi connectivity index (χ0n) is 24.8. The number of unbranched alkanes of at least 4 members (excludes halogenated alkanes) is 2. The number of allylic oxidation sites excluding steroid dienone is 1. The number of rotatable bonds is 12. The molecule has 4 aromatic rings. The molecule has 2 aromatic carbocycles. The molecule has 0 aliphatic carbocycles. The highest BCUT2D eigenvalue weighted by Gasteiger charge is 2.69. The number of imide groups is 1. The first-order valence-corrected chi connectivity index (χ1v) is 15.2. The van der Waals surface area contributed by atoms with Crippen LogP contribution >= 0.6 is 0 Å². The lowest BCUT2D eigenvalue weighted by molar-refractivity contribution is -0.384. The SMILES string of the molecule is CCCC/C=C/CCN1C(=O)C2C(c3ccc(-c4ccc([N+](=O)[O-])cc4)o3)NC(Cc3c[nH]c4ccccc34)(C(=O)O)C2C1=O. The molecule has 4 atom stereocenters. The highest BCUT2D eigenvalue weighted by molar-refractivity contribution is 6.09. The Morgan fingerprint density at radius 2 is 1.82 bits per heavy atom. The van der Waals surface area contributed by atoms with Crippen LogP contribution in [0.2, 0.25) is 0 Å². The van der Waals surface area contributed by atoms with Gasteiger partial charge in [0.2, 0.25) is 11.8 Å². The summed E-state index contributed by atoms with van der Waals surface area (Å²) in [6.07, 6.45) is 9.22. The maximum absolute atomic E-state index is 14.1. The van der Waals surface area contributed by atoms with Crippen molar-refractivity contribution in [3.63, 3.8) is 0 Å². The molecule has 45 heavy (non-hydrogen) atoms. The molecule has 0 saturated carbocycles. The largest absolute Gasteiger partial charge is 0.480 e. The van der Waals surface area contributed by atoms with Gasteiger partial charge in [0.05, 0.1) is 22.8 Å². The lowest BCUT2D eigenvalue weighted by Gasteiger charge is -2.31. The molecule has 232 valence electrons. The number of carbonyl (C=O) groups excluding carboxylic acids is 2. The Balaban J connectivity index is 1.37. The van der Waals surface area contributed by atoms with Gasteiger partial charge in [0.15, 0.2) is 0 Å². The van der Waals surface area contributed by atoms with Gasteiger partial charge in [-0.15, -0.1) is 0 Å². The number of para-hydroxylation sites is 1. The van der Waals surface area contributed by atoms with Crippen LogP contribution in [0.1, 0.15) is 50.0 Å². The summed E-state index contributed by atoms with van der Waals surface area (Å²) in [5.74, 6) is -3.63. The molecule has 0 spiro atoms. The number of nitro benzene ring substituents is 1. The van der Waals surface area contributed by atoms with Crippen LogP contribution in [0.15, 0.2) is 83.4 Å². The van der Waals surface area contributed by atoms with Gasteiger partial charge in [-0.3, -0.25) is 34.7 Å². The summed E-state index contributed by atoms with van der Waals surface area (Å²) in [5.41, 5.74) is 0.269. The summed E-state index contributed by atoms with van der Waals surface area (Å²) in [6.45, 7) is 2.27. The first-order valence-electron chi connectivity index (χ1n) is 15.2. The average Bonchev–Trinajstić information content (AvgIpc) is 3.81. The quantitative estimate of drug-likeness (QED) is 0.0598. The predicted octanol–water partition coefficient (Wildman–Crippen LogP) is 5.78. The average molecular weight is 611 g/mol. The highest BCUT2D eigenvalue weighted by atomic mass is 16.6. The van der Waals surface area contributed by atoms with Crippen LogP contribution in [0, 0.1) is 22.0 Å². The smallest absolute Gasteiger partial charge is 0.325 e. The number of likely N-dealkylation sites (tertiary alicyclic amines) is 1. The molecule has 6 rings (SSSR count). The fourth-order valence-corrected chi connectivity index (χ4v) is 6.72. The molecule has 2 amide bonds. The van der Waals surface area contributed by atoms with E-state index in [9.17, 15) is 29.6 Å². The molecule has 11 nitrogen and oxygen atoms in total. The van der Waals surface area contributed by atoms with E-state index in [0.29, 0.717) is 29.1 Å². The number of H-pyrrole nitrogens is 1. The summed E-state index contributed by atoms with van der Waals surface area (Å²) in [5, 5.41) is 26.0. The second kappa shape index (κ2) is 12.2. The number of carboxylic acids is 1. The van der Waals surface area contributed by atoms with Gasteiger partial charge < -0.3 is 14.5 Å². The van der Waals surface area contributed by atoms with E-state index in [1.165, 1.54) is 17.0 Å². The molecule has 11 heteroatoms. The van der Waals surface area contributed by atoms with Gasteiger partial charge in [-0.2, -0.15) is 0 Å². The van der Waals surface area contributed by atoms with Crippen LogP contribution in [0.3, 0.4) is 0 Å². The number of hydrogen-bond acceptors (Lipinski definition) is 7. The number of aromatic amines is 1. The number of non-ortho nitro benzene ring substituents is 1. The summed E-state index contributed by atoms with van der Waals surface area (Å²) in [6, 6.07) is 15.8. The summed E-state index contributed by atoms with van der Waals surface area (Å²) >= 11 is 0. The van der Waals surface area contributed by atoms with Crippen LogP contribution in [0.5, 0.6) is 0 Å². The third kappa shape index (κ3) is 5.33. The van der Waals surface area contributed by atoms with Crippen molar-refractivity contribution in [1.29, 1.82) is 0 Å². The number of carboxylic acid groups (broad SMARTS) is 1. The minimum absolute atomic E-state index is 0.0380. The second-order valence-corrected chi connectivity index (χ2v) is 11.7. The zero-order chi connectivity index (χ0) is 31.7. The molecule has 3 N–H and O–H groups in total. The molecule has 0 radical (unpaired) electrons. The second-order valence-electron chi connectivity index (χ2n) is 11.7. The molecule has 2 aliphatic heterocycles. The number of furan rings is 1. The Hall–Kier alpha value is -5.03. The van der Waals surface area contributed by atoms with Crippen molar-refractivity contribution in [1.82, 2.24) is 15.2 Å². The summed E-state index contributed by atoms with van der Waals surface area (Å²) < 4.78 is 6.17. The van der Waals surface area contributed by atoms with Crippen molar-refractivity contribution < 1.29 is 28.8 Å². The van der Waals surface area contributed by atoms with E-state index in [0.717, 1.165) is 30.2 Å². The van der Waals surface area contributed by atoms with Crippen molar-refractivity contribution in [2.75, 3.05) is 6.54 Å². The van der Waals surface area contributed by atoms with Crippen molar-refractivity contribution in [3.05, 3.63) is 100 Å². The van der Waals surface area contributed by atoms with Crippen LogP contribution in [0.25, 0.3) is 22.2 Å². The Labute approximate surface area is 259 Å². The van der Waals surface area contributed by atoms with Gasteiger partial charge >= 0.3 is 5.97 Å².